The zero-order valence-electron chi connectivity index (χ0n) is 17.4. The molecule has 0 aliphatic heterocycles. The van der Waals surface area contributed by atoms with Crippen molar-refractivity contribution in [3.8, 4) is 22.8 Å². The quantitative estimate of drug-likeness (QED) is 0.360. The van der Waals surface area contributed by atoms with Crippen molar-refractivity contribution >= 4 is 23.2 Å². The summed E-state index contributed by atoms with van der Waals surface area (Å²) in [6.07, 6.45) is 1.49. The Bertz CT molecular complexity index is 1400. The average molecular weight is 469 g/mol. The van der Waals surface area contributed by atoms with Crippen LogP contribution < -0.4 is 9.54 Å². The number of rotatable bonds is 6. The Balaban J connectivity index is 1.85. The van der Waals surface area contributed by atoms with Crippen molar-refractivity contribution in [2.75, 3.05) is 6.61 Å². The summed E-state index contributed by atoms with van der Waals surface area (Å²) in [6, 6.07) is 14.0. The van der Waals surface area contributed by atoms with E-state index in [1.54, 1.807) is 42.6 Å². The molecule has 0 aliphatic rings. The summed E-state index contributed by atoms with van der Waals surface area (Å²) in [4.78, 5) is 4.52. The fourth-order valence-corrected chi connectivity index (χ4v) is 3.86. The molecule has 0 saturated carbocycles. The summed E-state index contributed by atoms with van der Waals surface area (Å²) in [6.45, 7) is 2.17. The lowest BCUT2D eigenvalue weighted by Gasteiger charge is -2.07. The monoisotopic (exact) mass is 469 g/mol. The van der Waals surface area contributed by atoms with Gasteiger partial charge in [0.1, 0.15) is 17.3 Å². The van der Waals surface area contributed by atoms with E-state index < -0.39 is 17.5 Å². The minimum atomic E-state index is -0.828. The van der Waals surface area contributed by atoms with Gasteiger partial charge in [-0.2, -0.15) is 5.10 Å². The van der Waals surface area contributed by atoms with Gasteiger partial charge in [0.15, 0.2) is 17.3 Å². The molecule has 168 valence electrons. The van der Waals surface area contributed by atoms with Gasteiger partial charge in [0.2, 0.25) is 4.80 Å². The minimum Gasteiger partial charge on any atom is -0.504 e. The topological polar surface area (TPSA) is 59.1 Å². The molecule has 3 aromatic carbocycles. The number of aromatic hydroxyl groups is 1. The number of phenols is 1. The zero-order chi connectivity index (χ0) is 23.4. The first-order valence-electron chi connectivity index (χ1n) is 9.91. The van der Waals surface area contributed by atoms with Gasteiger partial charge in [-0.05, 0) is 55.0 Å². The Morgan fingerprint density at radius 2 is 1.85 bits per heavy atom. The molecule has 5 nitrogen and oxygen atoms in total. The molecule has 0 amide bonds. The van der Waals surface area contributed by atoms with Gasteiger partial charge >= 0.3 is 0 Å². The maximum Gasteiger partial charge on any atom is 0.211 e. The van der Waals surface area contributed by atoms with Gasteiger partial charge in [-0.15, -0.1) is 11.3 Å². The van der Waals surface area contributed by atoms with E-state index >= 15 is 0 Å². The van der Waals surface area contributed by atoms with Crippen molar-refractivity contribution in [3.63, 3.8) is 0 Å². The van der Waals surface area contributed by atoms with Crippen molar-refractivity contribution in [2.24, 2.45) is 10.1 Å². The Labute approximate surface area is 191 Å². The smallest absolute Gasteiger partial charge is 0.211 e. The molecule has 4 aromatic rings. The predicted octanol–water partition coefficient (Wildman–Crippen LogP) is 5.85. The largest absolute Gasteiger partial charge is 0.504 e. The summed E-state index contributed by atoms with van der Waals surface area (Å²) in [5, 5.41) is 16.0. The van der Waals surface area contributed by atoms with Gasteiger partial charge < -0.3 is 9.84 Å². The van der Waals surface area contributed by atoms with E-state index in [2.05, 4.69) is 10.1 Å². The van der Waals surface area contributed by atoms with Crippen LogP contribution in [0.1, 0.15) is 12.5 Å². The molecule has 1 N–H and O–H groups in total. The highest BCUT2D eigenvalue weighted by Crippen LogP contribution is 2.27. The second-order valence-corrected chi connectivity index (χ2v) is 7.64. The molecule has 0 unspecified atom stereocenters. The molecule has 0 saturated heterocycles. The fourth-order valence-electron chi connectivity index (χ4n) is 3.02. The first kappa shape index (κ1) is 22.3. The Morgan fingerprint density at radius 1 is 1.03 bits per heavy atom. The summed E-state index contributed by atoms with van der Waals surface area (Å²) in [5.41, 5.74) is 1.21. The molecular formula is C24H18F3N3O2S. The normalized spacial score (nSPS) is 11.9. The van der Waals surface area contributed by atoms with Gasteiger partial charge in [0, 0.05) is 17.0 Å². The first-order valence-corrected chi connectivity index (χ1v) is 10.8. The summed E-state index contributed by atoms with van der Waals surface area (Å²) in [5.74, 6) is -1.71. The van der Waals surface area contributed by atoms with Crippen molar-refractivity contribution in [3.05, 3.63) is 93.9 Å². The molecule has 33 heavy (non-hydrogen) atoms. The highest BCUT2D eigenvalue weighted by atomic mass is 32.1. The van der Waals surface area contributed by atoms with E-state index in [0.29, 0.717) is 23.6 Å². The Kier molecular flexibility index (Phi) is 6.60. The molecule has 0 bridgehead atoms. The number of benzene rings is 3. The highest BCUT2D eigenvalue weighted by molar-refractivity contribution is 7.07. The third kappa shape index (κ3) is 4.98. The molecule has 0 aliphatic carbocycles. The summed E-state index contributed by atoms with van der Waals surface area (Å²) >= 11 is 1.13. The van der Waals surface area contributed by atoms with Crippen molar-refractivity contribution in [2.45, 2.75) is 6.92 Å². The number of halogens is 3. The van der Waals surface area contributed by atoms with Gasteiger partial charge in [0.05, 0.1) is 18.5 Å². The van der Waals surface area contributed by atoms with Crippen LogP contribution in [0.25, 0.3) is 11.3 Å². The number of phenolic OH excluding ortho intramolecular Hbond substituents is 1. The Morgan fingerprint density at radius 3 is 2.61 bits per heavy atom. The first-order chi connectivity index (χ1) is 16.0. The molecular weight excluding hydrogens is 451 g/mol. The second-order valence-electron chi connectivity index (χ2n) is 6.81. The molecule has 9 heteroatoms. The SMILES string of the molecule is CCOc1cc(/C=N/n2c(-c3ccccc3F)csc2=Nc2ccc(F)cc2F)ccc1O. The number of ether oxygens (including phenoxy) is 1. The maximum absolute atomic E-state index is 14.5. The molecule has 0 radical (unpaired) electrons. The fraction of sp³-hybridized carbons (Fsp3) is 0.0833. The number of hydrogen-bond donors (Lipinski definition) is 1. The van der Waals surface area contributed by atoms with E-state index in [1.807, 2.05) is 0 Å². The van der Waals surface area contributed by atoms with Crippen molar-refractivity contribution < 1.29 is 23.0 Å². The number of nitrogens with zero attached hydrogens (tertiary/aromatic N) is 3. The van der Waals surface area contributed by atoms with Gasteiger partial charge in [-0.3, -0.25) is 0 Å². The van der Waals surface area contributed by atoms with Crippen LogP contribution in [-0.4, -0.2) is 22.6 Å². The van der Waals surface area contributed by atoms with Crippen LogP contribution in [0, 0.1) is 17.5 Å². The van der Waals surface area contributed by atoms with E-state index in [-0.39, 0.29) is 21.8 Å². The van der Waals surface area contributed by atoms with E-state index in [4.69, 9.17) is 4.74 Å². The number of thiazole rings is 1. The van der Waals surface area contributed by atoms with Crippen molar-refractivity contribution in [1.29, 1.82) is 0 Å². The standard InChI is InChI=1S/C24H18F3N3O2S/c1-2-32-23-11-15(7-10-22(23)31)13-28-30-21(17-5-3-4-6-18(17)26)14-33-24(30)29-20-9-8-16(25)12-19(20)27/h3-14,31H,2H2,1H3/b28-13+,29-24?. The summed E-state index contributed by atoms with van der Waals surface area (Å²) in [7, 11) is 0. The van der Waals surface area contributed by atoms with Gasteiger partial charge in [0.25, 0.3) is 0 Å². The van der Waals surface area contributed by atoms with Crippen molar-refractivity contribution in [1.82, 2.24) is 4.68 Å². The Hall–Kier alpha value is -3.85. The summed E-state index contributed by atoms with van der Waals surface area (Å²) < 4.78 is 48.7. The maximum atomic E-state index is 14.5. The van der Waals surface area contributed by atoms with E-state index in [0.717, 1.165) is 23.5 Å². The lowest BCUT2D eigenvalue weighted by atomic mass is 10.1. The van der Waals surface area contributed by atoms with Crippen LogP contribution in [0.5, 0.6) is 11.5 Å². The third-order valence-electron chi connectivity index (χ3n) is 4.57. The van der Waals surface area contributed by atoms with Gasteiger partial charge in [-0.25, -0.2) is 22.8 Å². The molecule has 1 heterocycles. The lowest BCUT2D eigenvalue weighted by Crippen LogP contribution is -2.12. The molecule has 1 aromatic heterocycles. The highest BCUT2D eigenvalue weighted by Gasteiger charge is 2.13. The zero-order valence-corrected chi connectivity index (χ0v) is 18.2. The average Bonchev–Trinajstić information content (AvgIpc) is 3.19. The van der Waals surface area contributed by atoms with Crippen LogP contribution in [0.3, 0.4) is 0 Å². The number of aromatic nitrogens is 1. The third-order valence-corrected chi connectivity index (χ3v) is 5.38. The van der Waals surface area contributed by atoms with Crippen LogP contribution in [0.2, 0.25) is 0 Å². The molecule has 0 fully saturated rings. The van der Waals surface area contributed by atoms with Crippen LogP contribution in [0.15, 0.2) is 76.1 Å². The number of hydrogen-bond acceptors (Lipinski definition) is 5. The lowest BCUT2D eigenvalue weighted by molar-refractivity contribution is 0.318. The van der Waals surface area contributed by atoms with Gasteiger partial charge in [-0.1, -0.05) is 12.1 Å². The van der Waals surface area contributed by atoms with Crippen LogP contribution in [0.4, 0.5) is 18.9 Å². The molecule has 0 atom stereocenters. The molecule has 0 spiro atoms. The van der Waals surface area contributed by atoms with Crippen LogP contribution >= 0.6 is 11.3 Å². The molecule has 4 rings (SSSR count). The minimum absolute atomic E-state index is 0.00768. The second kappa shape index (κ2) is 9.74. The van der Waals surface area contributed by atoms with E-state index in [1.165, 1.54) is 29.1 Å². The predicted molar refractivity (Wildman–Crippen MR) is 122 cm³/mol. The van der Waals surface area contributed by atoms with E-state index in [9.17, 15) is 18.3 Å². The van der Waals surface area contributed by atoms with Crippen LogP contribution in [-0.2, 0) is 0 Å².